The molecule has 0 bridgehead atoms. The van der Waals surface area contributed by atoms with Crippen LogP contribution >= 0.6 is 0 Å². The van der Waals surface area contributed by atoms with Gasteiger partial charge >= 0.3 is 0 Å². The summed E-state index contributed by atoms with van der Waals surface area (Å²) in [6.07, 6.45) is 5.09. The molecule has 0 atom stereocenters. The first-order valence-electron chi connectivity index (χ1n) is 8.41. The van der Waals surface area contributed by atoms with Gasteiger partial charge < -0.3 is 9.67 Å². The van der Waals surface area contributed by atoms with Crippen molar-refractivity contribution in [2.75, 3.05) is 0 Å². The van der Waals surface area contributed by atoms with Crippen LogP contribution in [0.3, 0.4) is 0 Å². The van der Waals surface area contributed by atoms with Crippen LogP contribution in [0.4, 0.5) is 0 Å². The number of aryl methyl sites for hydroxylation is 1. The lowest BCUT2D eigenvalue weighted by molar-refractivity contribution is 0.448. The molecular weight excluding hydrogens is 296 g/mol. The van der Waals surface area contributed by atoms with Gasteiger partial charge in [0.2, 0.25) is 5.88 Å². The van der Waals surface area contributed by atoms with Crippen LogP contribution in [-0.4, -0.2) is 14.2 Å². The molecule has 24 heavy (non-hydrogen) atoms. The molecule has 4 aromatic rings. The molecule has 1 N–H and O–H groups in total. The monoisotopic (exact) mass is 318 g/mol. The Morgan fingerprint density at radius 3 is 2.62 bits per heavy atom. The van der Waals surface area contributed by atoms with Crippen LogP contribution in [0.15, 0.2) is 54.9 Å². The fourth-order valence-corrected chi connectivity index (χ4v) is 3.45. The highest BCUT2D eigenvalue weighted by Gasteiger charge is 2.12. The minimum atomic E-state index is 0.311. The lowest BCUT2D eigenvalue weighted by Gasteiger charge is -2.06. The number of rotatable bonds is 3. The van der Waals surface area contributed by atoms with Crippen molar-refractivity contribution in [3.8, 4) is 11.6 Å². The van der Waals surface area contributed by atoms with E-state index in [2.05, 4.69) is 67.1 Å². The number of hydrogen-bond acceptors (Lipinski definition) is 1. The van der Waals surface area contributed by atoms with E-state index in [0.717, 1.165) is 22.9 Å². The van der Waals surface area contributed by atoms with E-state index in [1.54, 1.807) is 0 Å². The zero-order valence-electron chi connectivity index (χ0n) is 14.3. The van der Waals surface area contributed by atoms with Crippen molar-refractivity contribution in [3.05, 3.63) is 60.4 Å². The molecule has 2 aromatic heterocycles. The van der Waals surface area contributed by atoms with E-state index in [4.69, 9.17) is 0 Å². The molecule has 2 aromatic carbocycles. The second kappa shape index (κ2) is 5.45. The van der Waals surface area contributed by atoms with Gasteiger partial charge in [0.1, 0.15) is 0 Å². The molecule has 0 saturated heterocycles. The van der Waals surface area contributed by atoms with Gasteiger partial charge in [-0.2, -0.15) is 0 Å². The first kappa shape index (κ1) is 14.9. The Labute approximate surface area is 141 Å². The number of benzene rings is 2. The third kappa shape index (κ3) is 2.37. The number of fused-ring (bicyclic) bond motifs is 2. The minimum absolute atomic E-state index is 0.311. The molecule has 0 aliphatic carbocycles. The van der Waals surface area contributed by atoms with Crippen molar-refractivity contribution in [3.63, 3.8) is 0 Å². The maximum atomic E-state index is 10.7. The van der Waals surface area contributed by atoms with Crippen molar-refractivity contribution in [2.24, 2.45) is 13.0 Å². The molecule has 3 heteroatoms. The second-order valence-electron chi connectivity index (χ2n) is 7.01. The Morgan fingerprint density at radius 1 is 1.00 bits per heavy atom. The van der Waals surface area contributed by atoms with Gasteiger partial charge in [0.05, 0.1) is 0 Å². The summed E-state index contributed by atoms with van der Waals surface area (Å²) in [7, 11) is 2.04. The fourth-order valence-electron chi connectivity index (χ4n) is 3.45. The normalized spacial score (nSPS) is 11.8. The Kier molecular flexibility index (Phi) is 3.38. The lowest BCUT2D eigenvalue weighted by Crippen LogP contribution is -1.93. The number of aromatic nitrogens is 2. The predicted octanol–water partition coefficient (Wildman–Crippen LogP) is 5.03. The van der Waals surface area contributed by atoms with Crippen molar-refractivity contribution < 1.29 is 5.11 Å². The van der Waals surface area contributed by atoms with E-state index in [0.29, 0.717) is 11.8 Å². The van der Waals surface area contributed by atoms with E-state index >= 15 is 0 Å². The van der Waals surface area contributed by atoms with Crippen molar-refractivity contribution in [2.45, 2.75) is 20.3 Å². The summed E-state index contributed by atoms with van der Waals surface area (Å²) in [5.41, 5.74) is 3.44. The van der Waals surface area contributed by atoms with E-state index in [1.807, 2.05) is 17.8 Å². The molecule has 0 amide bonds. The molecule has 0 spiro atoms. The minimum Gasteiger partial charge on any atom is -0.494 e. The smallest absolute Gasteiger partial charge is 0.203 e. The second-order valence-corrected chi connectivity index (χ2v) is 7.01. The van der Waals surface area contributed by atoms with Gasteiger partial charge in [0.25, 0.3) is 0 Å². The topological polar surface area (TPSA) is 30.1 Å². The quantitative estimate of drug-likeness (QED) is 0.564. The van der Waals surface area contributed by atoms with Crippen LogP contribution in [0.2, 0.25) is 0 Å². The van der Waals surface area contributed by atoms with Crippen LogP contribution in [0.1, 0.15) is 19.4 Å². The number of hydrogen-bond donors (Lipinski definition) is 1. The molecule has 2 heterocycles. The largest absolute Gasteiger partial charge is 0.494 e. The van der Waals surface area contributed by atoms with E-state index in [-0.39, 0.29) is 0 Å². The summed E-state index contributed by atoms with van der Waals surface area (Å²) in [6, 6.07) is 14.7. The van der Waals surface area contributed by atoms with Crippen LogP contribution < -0.4 is 0 Å². The fraction of sp³-hybridized carbons (Fsp3) is 0.238. The number of nitrogens with zero attached hydrogens (tertiary/aromatic N) is 2. The highest BCUT2D eigenvalue weighted by molar-refractivity contribution is 5.90. The van der Waals surface area contributed by atoms with E-state index < -0.39 is 0 Å². The maximum Gasteiger partial charge on any atom is 0.203 e. The summed E-state index contributed by atoms with van der Waals surface area (Å²) in [5.74, 6) is 0.915. The number of aromatic hydroxyl groups is 1. The van der Waals surface area contributed by atoms with Crippen LogP contribution in [0.25, 0.3) is 27.4 Å². The molecule has 0 fully saturated rings. The summed E-state index contributed by atoms with van der Waals surface area (Å²) in [4.78, 5) is 0. The standard InChI is InChI=1S/C21H22N2O/c1-14(2)10-15-4-5-17-13-23(21(24)19(17)11-15)18-6-7-20-16(12-18)8-9-22(20)3/h4-9,11-14,24H,10H2,1-3H3. The van der Waals surface area contributed by atoms with Gasteiger partial charge in [-0.25, -0.2) is 0 Å². The third-order valence-electron chi connectivity index (χ3n) is 4.65. The lowest BCUT2D eigenvalue weighted by atomic mass is 10.0. The van der Waals surface area contributed by atoms with Crippen LogP contribution in [0, 0.1) is 5.92 Å². The molecule has 0 unspecified atom stereocenters. The highest BCUT2D eigenvalue weighted by Crippen LogP contribution is 2.32. The van der Waals surface area contributed by atoms with Gasteiger partial charge in [-0.15, -0.1) is 0 Å². The van der Waals surface area contributed by atoms with E-state index in [9.17, 15) is 5.11 Å². The predicted molar refractivity (Wildman–Crippen MR) is 100.0 cm³/mol. The summed E-state index contributed by atoms with van der Waals surface area (Å²) < 4.78 is 3.97. The summed E-state index contributed by atoms with van der Waals surface area (Å²) >= 11 is 0. The first-order chi connectivity index (χ1) is 11.5. The van der Waals surface area contributed by atoms with E-state index in [1.165, 1.54) is 16.5 Å². The third-order valence-corrected chi connectivity index (χ3v) is 4.65. The van der Waals surface area contributed by atoms with Crippen molar-refractivity contribution in [1.29, 1.82) is 0 Å². The van der Waals surface area contributed by atoms with Gasteiger partial charge in [0, 0.05) is 46.8 Å². The SMILES string of the molecule is CC(C)Cc1ccc2cn(-c3ccc4c(ccn4C)c3)c(O)c2c1. The average Bonchev–Trinajstić information content (AvgIpc) is 3.08. The van der Waals surface area contributed by atoms with Gasteiger partial charge in [-0.3, -0.25) is 4.57 Å². The van der Waals surface area contributed by atoms with Gasteiger partial charge in [0.15, 0.2) is 0 Å². The van der Waals surface area contributed by atoms with Crippen molar-refractivity contribution >= 4 is 21.7 Å². The Balaban J connectivity index is 1.84. The van der Waals surface area contributed by atoms with Gasteiger partial charge in [-0.05, 0) is 48.2 Å². The first-order valence-corrected chi connectivity index (χ1v) is 8.41. The molecule has 3 nitrogen and oxygen atoms in total. The molecule has 0 aliphatic rings. The molecule has 0 radical (unpaired) electrons. The Morgan fingerprint density at radius 2 is 1.83 bits per heavy atom. The Hall–Kier alpha value is -2.68. The molecule has 122 valence electrons. The Bertz CT molecular complexity index is 1040. The maximum absolute atomic E-state index is 10.7. The zero-order valence-corrected chi connectivity index (χ0v) is 14.3. The molecular formula is C21H22N2O. The molecule has 0 saturated carbocycles. The van der Waals surface area contributed by atoms with Crippen LogP contribution in [-0.2, 0) is 13.5 Å². The summed E-state index contributed by atoms with van der Waals surface area (Å²) in [6.45, 7) is 4.43. The average molecular weight is 318 g/mol. The summed E-state index contributed by atoms with van der Waals surface area (Å²) in [5, 5.41) is 13.9. The molecule has 4 rings (SSSR count). The zero-order chi connectivity index (χ0) is 16.8. The van der Waals surface area contributed by atoms with Gasteiger partial charge in [-0.1, -0.05) is 26.0 Å². The van der Waals surface area contributed by atoms with Crippen LogP contribution in [0.5, 0.6) is 5.88 Å². The highest BCUT2D eigenvalue weighted by atomic mass is 16.3. The molecule has 0 aliphatic heterocycles. The van der Waals surface area contributed by atoms with Crippen molar-refractivity contribution in [1.82, 2.24) is 9.13 Å².